The molecule has 0 spiro atoms. The van der Waals surface area contributed by atoms with Gasteiger partial charge in [0.15, 0.2) is 6.04 Å². The van der Waals surface area contributed by atoms with Gasteiger partial charge < -0.3 is 5.11 Å². The summed E-state index contributed by atoms with van der Waals surface area (Å²) >= 11 is 0. The van der Waals surface area contributed by atoms with Gasteiger partial charge in [0, 0.05) is 6.92 Å². The number of rotatable bonds is 3. The van der Waals surface area contributed by atoms with Crippen LogP contribution in [-0.4, -0.2) is 33.3 Å². The Morgan fingerprint density at radius 3 is 2.09 bits per heavy atom. The summed E-state index contributed by atoms with van der Waals surface area (Å²) < 4.78 is 0. The second-order valence-corrected chi connectivity index (χ2v) is 2.13. The Hall–Kier alpha value is -1.10. The topological polar surface area (TPSA) is 77.8 Å². The van der Waals surface area contributed by atoms with E-state index in [9.17, 15) is 9.59 Å². The van der Waals surface area contributed by atoms with Gasteiger partial charge in [0.2, 0.25) is 5.91 Å². The fourth-order valence-electron chi connectivity index (χ4n) is 0.672. The Balaban J connectivity index is 4.25. The van der Waals surface area contributed by atoms with Crippen molar-refractivity contribution >= 4 is 11.9 Å². The van der Waals surface area contributed by atoms with Crippen molar-refractivity contribution in [1.82, 2.24) is 5.06 Å². The van der Waals surface area contributed by atoms with Gasteiger partial charge in [0.05, 0.1) is 0 Å². The number of amides is 1. The lowest BCUT2D eigenvalue weighted by molar-refractivity contribution is -0.184. The van der Waals surface area contributed by atoms with Gasteiger partial charge in [-0.2, -0.15) is 0 Å². The molecule has 0 saturated heterocycles. The summed E-state index contributed by atoms with van der Waals surface area (Å²) in [6, 6.07) is -1.13. The molecule has 0 aromatic rings. The summed E-state index contributed by atoms with van der Waals surface area (Å²) in [6.45, 7) is 2.68. The molecule has 0 radical (unpaired) electrons. The van der Waals surface area contributed by atoms with E-state index >= 15 is 0 Å². The van der Waals surface area contributed by atoms with E-state index in [-0.39, 0.29) is 11.5 Å². The van der Waals surface area contributed by atoms with Gasteiger partial charge >= 0.3 is 5.97 Å². The van der Waals surface area contributed by atoms with Crippen LogP contribution < -0.4 is 0 Å². The lowest BCUT2D eigenvalue weighted by Crippen LogP contribution is -2.41. The molecule has 0 unspecified atom stereocenters. The molecule has 1 amide bonds. The van der Waals surface area contributed by atoms with Crippen molar-refractivity contribution in [1.29, 1.82) is 0 Å². The van der Waals surface area contributed by atoms with Crippen molar-refractivity contribution in [2.75, 3.05) is 0 Å². The lowest BCUT2D eigenvalue weighted by atomic mass is 10.2. The molecule has 0 aliphatic heterocycles. The van der Waals surface area contributed by atoms with Crippen LogP contribution in [-0.2, 0) is 9.59 Å². The van der Waals surface area contributed by atoms with Crippen molar-refractivity contribution in [3.8, 4) is 0 Å². The highest BCUT2D eigenvalue weighted by atomic mass is 16.5. The Kier molecular flexibility index (Phi) is 3.53. The minimum absolute atomic E-state index is 0.186. The molecular formula is C6H11NO4. The number of hydroxylamine groups is 2. The second-order valence-electron chi connectivity index (χ2n) is 2.13. The van der Waals surface area contributed by atoms with Crippen molar-refractivity contribution in [2.45, 2.75) is 26.3 Å². The zero-order valence-electron chi connectivity index (χ0n) is 6.44. The molecule has 5 nitrogen and oxygen atoms in total. The average Bonchev–Trinajstić information content (AvgIpc) is 1.88. The minimum atomic E-state index is -1.20. The van der Waals surface area contributed by atoms with E-state index in [0.29, 0.717) is 0 Å². The number of carboxylic acid groups (broad SMARTS) is 1. The summed E-state index contributed by atoms with van der Waals surface area (Å²) in [7, 11) is 0. The van der Waals surface area contributed by atoms with Crippen LogP contribution in [0.15, 0.2) is 0 Å². The predicted molar refractivity (Wildman–Crippen MR) is 36.0 cm³/mol. The van der Waals surface area contributed by atoms with Gasteiger partial charge in [-0.05, 0) is 6.42 Å². The first-order chi connectivity index (χ1) is 5.00. The first kappa shape index (κ1) is 9.90. The van der Waals surface area contributed by atoms with E-state index < -0.39 is 17.9 Å². The van der Waals surface area contributed by atoms with Crippen LogP contribution in [0, 0.1) is 0 Å². The zero-order valence-corrected chi connectivity index (χ0v) is 6.44. The highest BCUT2D eigenvalue weighted by molar-refractivity contribution is 5.81. The van der Waals surface area contributed by atoms with Crippen LogP contribution in [0.5, 0.6) is 0 Å². The molecular weight excluding hydrogens is 150 g/mol. The maximum Gasteiger partial charge on any atom is 0.329 e. The molecule has 0 fully saturated rings. The van der Waals surface area contributed by atoms with E-state index in [2.05, 4.69) is 0 Å². The first-order valence-corrected chi connectivity index (χ1v) is 3.22. The van der Waals surface area contributed by atoms with Gasteiger partial charge in [-0.15, -0.1) is 0 Å². The Morgan fingerprint density at radius 1 is 1.55 bits per heavy atom. The number of carboxylic acids is 1. The van der Waals surface area contributed by atoms with E-state index in [0.717, 1.165) is 6.92 Å². The zero-order chi connectivity index (χ0) is 9.02. The molecule has 0 aliphatic carbocycles. The molecule has 0 heterocycles. The van der Waals surface area contributed by atoms with Crippen LogP contribution in [0.3, 0.4) is 0 Å². The smallest absolute Gasteiger partial charge is 0.329 e. The SMILES string of the molecule is CC[C@H](C(=O)O)N(O)C(C)=O. The molecule has 0 bridgehead atoms. The van der Waals surface area contributed by atoms with Crippen LogP contribution in [0.2, 0.25) is 0 Å². The first-order valence-electron chi connectivity index (χ1n) is 3.22. The highest BCUT2D eigenvalue weighted by Gasteiger charge is 2.24. The molecule has 0 aliphatic rings. The number of nitrogens with zero attached hydrogens (tertiary/aromatic N) is 1. The maximum atomic E-state index is 10.5. The largest absolute Gasteiger partial charge is 0.480 e. The van der Waals surface area contributed by atoms with Gasteiger partial charge in [-0.3, -0.25) is 10.0 Å². The fourth-order valence-corrected chi connectivity index (χ4v) is 0.672. The Morgan fingerprint density at radius 2 is 2.00 bits per heavy atom. The maximum absolute atomic E-state index is 10.5. The summed E-state index contributed by atoms with van der Waals surface area (Å²) in [5, 5.41) is 17.5. The van der Waals surface area contributed by atoms with Crippen LogP contribution in [0.1, 0.15) is 20.3 Å². The number of carbonyl (C=O) groups is 2. The third-order valence-corrected chi connectivity index (χ3v) is 1.29. The van der Waals surface area contributed by atoms with Crippen LogP contribution in [0.25, 0.3) is 0 Å². The Labute approximate surface area is 64.2 Å². The summed E-state index contributed by atoms with van der Waals surface area (Å²) in [6.07, 6.45) is 0.186. The molecule has 1 atom stereocenters. The van der Waals surface area contributed by atoms with Crippen molar-refractivity contribution in [3.05, 3.63) is 0 Å². The van der Waals surface area contributed by atoms with Gasteiger partial charge in [-0.1, -0.05) is 6.92 Å². The Bertz CT molecular complexity index is 168. The van der Waals surface area contributed by atoms with E-state index in [1.807, 2.05) is 0 Å². The standard InChI is InChI=1S/C6H11NO4/c1-3-5(6(9)10)7(11)4(2)8/h5,11H,3H2,1-2H3,(H,9,10)/t5-/m1/s1. The van der Waals surface area contributed by atoms with E-state index in [4.69, 9.17) is 10.3 Å². The number of aliphatic carboxylic acids is 1. The van der Waals surface area contributed by atoms with Gasteiger partial charge in [0.25, 0.3) is 0 Å². The molecule has 0 aromatic carbocycles. The number of carbonyl (C=O) groups excluding carboxylic acids is 1. The third-order valence-electron chi connectivity index (χ3n) is 1.29. The second kappa shape index (κ2) is 3.92. The molecule has 0 rings (SSSR count). The monoisotopic (exact) mass is 161 g/mol. The number of hydrogen-bond acceptors (Lipinski definition) is 3. The summed E-state index contributed by atoms with van der Waals surface area (Å²) in [4.78, 5) is 20.8. The number of hydrogen-bond donors (Lipinski definition) is 2. The summed E-state index contributed by atoms with van der Waals surface area (Å²) in [5.74, 6) is -1.87. The van der Waals surface area contributed by atoms with Crippen LogP contribution >= 0.6 is 0 Å². The lowest BCUT2D eigenvalue weighted by Gasteiger charge is -2.19. The van der Waals surface area contributed by atoms with Crippen LogP contribution in [0.4, 0.5) is 0 Å². The van der Waals surface area contributed by atoms with Gasteiger partial charge in [0.1, 0.15) is 0 Å². The third kappa shape index (κ3) is 2.55. The van der Waals surface area contributed by atoms with Crippen molar-refractivity contribution in [3.63, 3.8) is 0 Å². The molecule has 64 valence electrons. The van der Waals surface area contributed by atoms with Crippen molar-refractivity contribution < 1.29 is 19.9 Å². The molecule has 11 heavy (non-hydrogen) atoms. The van der Waals surface area contributed by atoms with E-state index in [1.165, 1.54) is 0 Å². The minimum Gasteiger partial charge on any atom is -0.480 e. The predicted octanol–water partition coefficient (Wildman–Crippen LogP) is 0.0873. The quantitative estimate of drug-likeness (QED) is 0.454. The average molecular weight is 161 g/mol. The molecule has 2 N–H and O–H groups in total. The molecule has 0 saturated carbocycles. The van der Waals surface area contributed by atoms with Crippen molar-refractivity contribution in [2.24, 2.45) is 0 Å². The molecule has 0 aromatic heterocycles. The van der Waals surface area contributed by atoms with Gasteiger partial charge in [-0.25, -0.2) is 9.86 Å². The normalized spacial score (nSPS) is 12.3. The fraction of sp³-hybridized carbons (Fsp3) is 0.667. The molecule has 5 heteroatoms. The summed E-state index contributed by atoms with van der Waals surface area (Å²) in [5.41, 5.74) is 0. The highest BCUT2D eigenvalue weighted by Crippen LogP contribution is 2.00. The van der Waals surface area contributed by atoms with E-state index in [1.54, 1.807) is 6.92 Å².